The summed E-state index contributed by atoms with van der Waals surface area (Å²) in [4.78, 5) is 16.1. The van der Waals surface area contributed by atoms with Gasteiger partial charge in [0.1, 0.15) is 0 Å². The molecule has 0 aliphatic carbocycles. The molecule has 2 heterocycles. The number of aromatic nitrogens is 3. The molecule has 7 heteroatoms. The number of hydrogen-bond acceptors (Lipinski definition) is 2. The van der Waals surface area contributed by atoms with E-state index in [1.165, 1.54) is 21.4 Å². The third-order valence-electron chi connectivity index (χ3n) is 2.98. The van der Waals surface area contributed by atoms with E-state index < -0.39 is 11.5 Å². The maximum atomic E-state index is 13.7. The largest absolute Gasteiger partial charge is 0.269 e. The normalized spacial score (nSPS) is 11.2. The molecular weight excluding hydrogens is 304 g/mol. The Hall–Kier alpha value is -1.85. The molecule has 0 unspecified atom stereocenters. The first-order valence-corrected chi connectivity index (χ1v) is 6.45. The van der Waals surface area contributed by atoms with Crippen molar-refractivity contribution >= 4 is 29.0 Å². The molecule has 0 N–H and O–H groups in total. The van der Waals surface area contributed by atoms with Crippen LogP contribution in [-0.2, 0) is 0 Å². The molecule has 0 aliphatic rings. The highest BCUT2D eigenvalue weighted by Crippen LogP contribution is 2.27. The van der Waals surface area contributed by atoms with Crippen LogP contribution in [0.3, 0.4) is 0 Å². The van der Waals surface area contributed by atoms with Crippen LogP contribution in [0.5, 0.6) is 0 Å². The average Bonchev–Trinajstić information content (AvgIpc) is 2.84. The maximum absolute atomic E-state index is 13.7. The van der Waals surface area contributed by atoms with Crippen LogP contribution in [-0.4, -0.2) is 14.0 Å². The topological polar surface area (TPSA) is 39.3 Å². The van der Waals surface area contributed by atoms with Gasteiger partial charge in [0.25, 0.3) is 5.56 Å². The highest BCUT2D eigenvalue weighted by atomic mass is 35.5. The van der Waals surface area contributed by atoms with E-state index in [-0.39, 0.29) is 5.78 Å². The lowest BCUT2D eigenvalue weighted by Crippen LogP contribution is -2.22. The van der Waals surface area contributed by atoms with Crippen LogP contribution in [0, 0.1) is 12.9 Å². The van der Waals surface area contributed by atoms with Crippen LogP contribution >= 0.6 is 23.2 Å². The summed E-state index contributed by atoms with van der Waals surface area (Å²) in [5.41, 5.74) is 0.617. The molecule has 102 valence electrons. The molecule has 0 fully saturated rings. The number of halogens is 3. The van der Waals surface area contributed by atoms with E-state index in [0.29, 0.717) is 15.7 Å². The van der Waals surface area contributed by atoms with E-state index in [4.69, 9.17) is 23.2 Å². The second kappa shape index (κ2) is 4.61. The van der Waals surface area contributed by atoms with Crippen molar-refractivity contribution in [3.8, 4) is 5.69 Å². The second-order valence-corrected chi connectivity index (χ2v) is 5.11. The number of hydrogen-bond donors (Lipinski definition) is 0. The molecule has 2 aromatic heterocycles. The van der Waals surface area contributed by atoms with E-state index in [9.17, 15) is 9.18 Å². The third-order valence-corrected chi connectivity index (χ3v) is 3.69. The summed E-state index contributed by atoms with van der Waals surface area (Å²) in [5, 5.41) is 0.785. The number of fused-ring (bicyclic) bond motifs is 1. The van der Waals surface area contributed by atoms with Crippen molar-refractivity contribution in [1.29, 1.82) is 0 Å². The van der Waals surface area contributed by atoms with Gasteiger partial charge in [0.2, 0.25) is 11.7 Å². The molecule has 20 heavy (non-hydrogen) atoms. The highest BCUT2D eigenvalue weighted by molar-refractivity contribution is 6.36. The van der Waals surface area contributed by atoms with E-state index >= 15 is 0 Å². The van der Waals surface area contributed by atoms with Gasteiger partial charge in [-0.25, -0.2) is 9.55 Å². The lowest BCUT2D eigenvalue weighted by molar-refractivity contribution is 0.558. The molecule has 0 saturated carbocycles. The fourth-order valence-electron chi connectivity index (χ4n) is 2.00. The highest BCUT2D eigenvalue weighted by Gasteiger charge is 2.14. The average molecular weight is 312 g/mol. The minimum atomic E-state index is -0.680. The monoisotopic (exact) mass is 311 g/mol. The molecule has 0 saturated heterocycles. The van der Waals surface area contributed by atoms with E-state index in [2.05, 4.69) is 4.98 Å². The van der Waals surface area contributed by atoms with Crippen LogP contribution in [0.15, 0.2) is 35.4 Å². The van der Waals surface area contributed by atoms with Crippen molar-refractivity contribution in [2.75, 3.05) is 0 Å². The minimum absolute atomic E-state index is 0.152. The second-order valence-electron chi connectivity index (χ2n) is 4.29. The van der Waals surface area contributed by atoms with Crippen LogP contribution in [0.2, 0.25) is 10.0 Å². The predicted octanol–water partition coefficient (Wildman–Crippen LogP) is 3.24. The van der Waals surface area contributed by atoms with Gasteiger partial charge in [-0.05, 0) is 24.6 Å². The Morgan fingerprint density at radius 2 is 1.95 bits per heavy atom. The van der Waals surface area contributed by atoms with Crippen molar-refractivity contribution < 1.29 is 4.39 Å². The standard InChI is InChI=1S/C13H8Cl2FN3O/c1-7-4-10(9(15)5-8(7)14)19-12(20)6-11(16)18-3-2-17-13(18)19/h2-6H,1H3. The molecule has 0 radical (unpaired) electrons. The van der Waals surface area contributed by atoms with E-state index in [0.717, 1.165) is 11.6 Å². The van der Waals surface area contributed by atoms with Crippen molar-refractivity contribution in [2.24, 2.45) is 0 Å². The molecule has 4 nitrogen and oxygen atoms in total. The van der Waals surface area contributed by atoms with Gasteiger partial charge >= 0.3 is 0 Å². The van der Waals surface area contributed by atoms with Gasteiger partial charge in [0.15, 0.2) is 0 Å². The van der Waals surface area contributed by atoms with Gasteiger partial charge < -0.3 is 0 Å². The molecular formula is C13H8Cl2FN3O. The Morgan fingerprint density at radius 3 is 2.70 bits per heavy atom. The molecule has 3 rings (SSSR count). The number of aryl methyl sites for hydroxylation is 1. The summed E-state index contributed by atoms with van der Waals surface area (Å²) in [6, 6.07) is 4.09. The van der Waals surface area contributed by atoms with Crippen molar-refractivity contribution in [3.63, 3.8) is 0 Å². The van der Waals surface area contributed by atoms with Gasteiger partial charge in [0.05, 0.1) is 16.8 Å². The molecule has 0 atom stereocenters. The van der Waals surface area contributed by atoms with Crippen LogP contribution in [0.4, 0.5) is 4.39 Å². The number of rotatable bonds is 1. The fourth-order valence-corrected chi connectivity index (χ4v) is 2.47. The van der Waals surface area contributed by atoms with Gasteiger partial charge in [-0.15, -0.1) is 0 Å². The van der Waals surface area contributed by atoms with Crippen molar-refractivity contribution in [3.05, 3.63) is 62.5 Å². The van der Waals surface area contributed by atoms with Crippen LogP contribution < -0.4 is 5.56 Å². The third kappa shape index (κ3) is 1.90. The smallest absolute Gasteiger partial charge is 0.262 e. The molecule has 1 aromatic carbocycles. The van der Waals surface area contributed by atoms with Crippen molar-refractivity contribution in [2.45, 2.75) is 6.92 Å². The molecule has 3 aromatic rings. The predicted molar refractivity (Wildman–Crippen MR) is 75.5 cm³/mol. The van der Waals surface area contributed by atoms with Gasteiger partial charge in [-0.3, -0.25) is 9.20 Å². The van der Waals surface area contributed by atoms with Crippen molar-refractivity contribution in [1.82, 2.24) is 14.0 Å². The van der Waals surface area contributed by atoms with E-state index in [1.807, 2.05) is 0 Å². The molecule has 0 amide bonds. The fraction of sp³-hybridized carbons (Fsp3) is 0.0769. The van der Waals surface area contributed by atoms with Crippen LogP contribution in [0.1, 0.15) is 5.56 Å². The van der Waals surface area contributed by atoms with Gasteiger partial charge in [0, 0.05) is 17.4 Å². The summed E-state index contributed by atoms with van der Waals surface area (Å²) in [6.45, 7) is 1.79. The zero-order valence-corrected chi connectivity index (χ0v) is 11.8. The van der Waals surface area contributed by atoms with E-state index in [1.54, 1.807) is 19.1 Å². The Kier molecular flexibility index (Phi) is 3.03. The minimum Gasteiger partial charge on any atom is -0.269 e. The first kappa shape index (κ1) is 13.1. The molecule has 0 spiro atoms. The Balaban J connectivity index is 2.44. The lowest BCUT2D eigenvalue weighted by Gasteiger charge is -2.11. The summed E-state index contributed by atoms with van der Waals surface area (Å²) in [6.07, 6.45) is 2.84. The summed E-state index contributed by atoms with van der Waals surface area (Å²) >= 11 is 12.1. The maximum Gasteiger partial charge on any atom is 0.262 e. The van der Waals surface area contributed by atoms with Crippen LogP contribution in [0.25, 0.3) is 11.5 Å². The lowest BCUT2D eigenvalue weighted by atomic mass is 10.2. The number of imidazole rings is 1. The zero-order valence-electron chi connectivity index (χ0n) is 10.3. The van der Waals surface area contributed by atoms with Gasteiger partial charge in [-0.1, -0.05) is 23.2 Å². The van der Waals surface area contributed by atoms with Gasteiger partial charge in [-0.2, -0.15) is 4.39 Å². The quantitative estimate of drug-likeness (QED) is 0.647. The first-order chi connectivity index (χ1) is 9.49. The number of benzene rings is 1. The Bertz CT molecular complexity index is 885. The summed E-state index contributed by atoms with van der Waals surface area (Å²) in [5.74, 6) is -0.529. The molecule has 0 bridgehead atoms. The SMILES string of the molecule is Cc1cc(-n2c(=O)cc(F)n3ccnc23)c(Cl)cc1Cl. The zero-order chi connectivity index (χ0) is 14.4. The number of nitrogens with zero attached hydrogens (tertiary/aromatic N) is 3. The summed E-state index contributed by atoms with van der Waals surface area (Å²) in [7, 11) is 0. The summed E-state index contributed by atoms with van der Waals surface area (Å²) < 4.78 is 16.1. The Labute approximate surface area is 123 Å². The first-order valence-electron chi connectivity index (χ1n) is 5.69. The molecule has 0 aliphatic heterocycles. The Morgan fingerprint density at radius 1 is 1.20 bits per heavy atom.